The predicted molar refractivity (Wildman–Crippen MR) is 131 cm³/mol. The quantitative estimate of drug-likeness (QED) is 0.303. The molecule has 1 aliphatic heterocycles. The van der Waals surface area contributed by atoms with Gasteiger partial charge >= 0.3 is 0 Å². The van der Waals surface area contributed by atoms with Crippen LogP contribution >= 0.6 is 24.0 Å². The maximum absolute atomic E-state index is 13.1. The summed E-state index contributed by atoms with van der Waals surface area (Å²) in [4.78, 5) is 7.18. The van der Waals surface area contributed by atoms with Gasteiger partial charge in [-0.2, -0.15) is 0 Å². The maximum Gasteiger partial charge on any atom is 0.191 e. The predicted octanol–water partition coefficient (Wildman–Crippen LogP) is 4.44. The van der Waals surface area contributed by atoms with Gasteiger partial charge in [-0.25, -0.2) is 4.39 Å². The van der Waals surface area contributed by atoms with Crippen molar-refractivity contribution >= 4 is 29.9 Å². The summed E-state index contributed by atoms with van der Waals surface area (Å²) in [5.41, 5.74) is 1.16. The smallest absolute Gasteiger partial charge is 0.191 e. The number of furan rings is 1. The van der Waals surface area contributed by atoms with E-state index >= 15 is 0 Å². The van der Waals surface area contributed by atoms with Crippen LogP contribution in [0, 0.1) is 11.7 Å². The lowest BCUT2D eigenvalue weighted by molar-refractivity contribution is 0.198. The number of benzene rings is 1. The zero-order valence-electron chi connectivity index (χ0n) is 17.9. The highest BCUT2D eigenvalue weighted by Crippen LogP contribution is 2.14. The first-order valence-electron chi connectivity index (χ1n) is 10.6. The standard InChI is InChI=1S/C23H33FN4O.HI/c1-18(2)16-26-23(25-12-9-22-4-3-15-29-22)27-21-10-13-28(14-11-21)17-19-5-7-20(24)8-6-19;/h3-8,15,18,21H,9-14,16-17H2,1-2H3,(H2,25,26,27);1H. The molecule has 0 radical (unpaired) electrons. The summed E-state index contributed by atoms with van der Waals surface area (Å²) in [6.07, 6.45) is 4.69. The molecule has 2 heterocycles. The molecule has 7 heteroatoms. The van der Waals surface area contributed by atoms with Crippen molar-refractivity contribution in [3.8, 4) is 0 Å². The average molecular weight is 528 g/mol. The molecule has 0 unspecified atom stereocenters. The lowest BCUT2D eigenvalue weighted by Gasteiger charge is -2.33. The number of rotatable bonds is 8. The number of likely N-dealkylation sites (tertiary alicyclic amines) is 1. The Balaban J connectivity index is 0.00000320. The van der Waals surface area contributed by atoms with E-state index in [0.717, 1.165) is 69.3 Å². The molecule has 1 saturated heterocycles. The van der Waals surface area contributed by atoms with E-state index in [1.54, 1.807) is 6.26 Å². The first-order valence-corrected chi connectivity index (χ1v) is 10.6. The van der Waals surface area contributed by atoms with Crippen molar-refractivity contribution in [2.75, 3.05) is 26.2 Å². The van der Waals surface area contributed by atoms with E-state index in [0.29, 0.717) is 12.0 Å². The first kappa shape index (κ1) is 24.7. The molecule has 1 fully saturated rings. The monoisotopic (exact) mass is 528 g/mol. The van der Waals surface area contributed by atoms with E-state index in [4.69, 9.17) is 9.41 Å². The molecular formula is C23H34FIN4O. The molecule has 166 valence electrons. The van der Waals surface area contributed by atoms with Crippen LogP contribution in [-0.2, 0) is 13.0 Å². The number of guanidine groups is 1. The Labute approximate surface area is 196 Å². The molecule has 30 heavy (non-hydrogen) atoms. The molecule has 1 aliphatic rings. The summed E-state index contributed by atoms with van der Waals surface area (Å²) in [6, 6.07) is 11.2. The van der Waals surface area contributed by atoms with Gasteiger partial charge in [-0.05, 0) is 48.6 Å². The number of hydrogen-bond acceptors (Lipinski definition) is 3. The van der Waals surface area contributed by atoms with E-state index in [9.17, 15) is 4.39 Å². The van der Waals surface area contributed by atoms with E-state index in [-0.39, 0.29) is 29.8 Å². The van der Waals surface area contributed by atoms with Crippen molar-refractivity contribution in [2.45, 2.75) is 45.7 Å². The SMILES string of the molecule is CC(C)CN=C(NCCc1ccco1)NC1CCN(Cc2ccc(F)cc2)CC1.I. The molecule has 1 aromatic heterocycles. The van der Waals surface area contributed by atoms with Gasteiger partial charge in [0.2, 0.25) is 0 Å². The van der Waals surface area contributed by atoms with E-state index < -0.39 is 0 Å². The second-order valence-electron chi connectivity index (χ2n) is 8.16. The van der Waals surface area contributed by atoms with Gasteiger partial charge in [0.15, 0.2) is 5.96 Å². The highest BCUT2D eigenvalue weighted by atomic mass is 127. The van der Waals surface area contributed by atoms with Gasteiger partial charge < -0.3 is 15.1 Å². The number of hydrogen-bond donors (Lipinski definition) is 2. The Kier molecular flexibility index (Phi) is 10.6. The highest BCUT2D eigenvalue weighted by Gasteiger charge is 2.20. The van der Waals surface area contributed by atoms with E-state index in [1.165, 1.54) is 12.1 Å². The molecule has 0 amide bonds. The fourth-order valence-corrected chi connectivity index (χ4v) is 3.46. The molecule has 0 aliphatic carbocycles. The van der Waals surface area contributed by atoms with Crippen LogP contribution in [0.3, 0.4) is 0 Å². The van der Waals surface area contributed by atoms with Crippen LogP contribution in [0.5, 0.6) is 0 Å². The van der Waals surface area contributed by atoms with E-state index in [1.807, 2.05) is 24.3 Å². The van der Waals surface area contributed by atoms with Gasteiger partial charge in [0.05, 0.1) is 6.26 Å². The molecule has 2 aromatic rings. The lowest BCUT2D eigenvalue weighted by atomic mass is 10.0. The third-order valence-electron chi connectivity index (χ3n) is 5.11. The number of halogens is 2. The topological polar surface area (TPSA) is 52.8 Å². The molecule has 1 aromatic carbocycles. The zero-order valence-corrected chi connectivity index (χ0v) is 20.3. The lowest BCUT2D eigenvalue weighted by Crippen LogP contribution is -2.49. The Morgan fingerprint density at radius 1 is 1.20 bits per heavy atom. The van der Waals surface area contributed by atoms with Crippen LogP contribution in [-0.4, -0.2) is 43.1 Å². The molecule has 3 rings (SSSR count). The van der Waals surface area contributed by atoms with Gasteiger partial charge in [0.1, 0.15) is 11.6 Å². The van der Waals surface area contributed by atoms with Crippen LogP contribution in [0.1, 0.15) is 38.0 Å². The third kappa shape index (κ3) is 8.63. The number of aliphatic imine (C=N–C) groups is 1. The van der Waals surface area contributed by atoms with Gasteiger partial charge in [-0.3, -0.25) is 9.89 Å². The molecule has 5 nitrogen and oxygen atoms in total. The summed E-state index contributed by atoms with van der Waals surface area (Å²) >= 11 is 0. The van der Waals surface area contributed by atoms with Crippen LogP contribution in [0.2, 0.25) is 0 Å². The molecule has 2 N–H and O–H groups in total. The van der Waals surface area contributed by atoms with Crippen LogP contribution in [0.15, 0.2) is 52.1 Å². The van der Waals surface area contributed by atoms with Crippen LogP contribution < -0.4 is 10.6 Å². The van der Waals surface area contributed by atoms with Crippen molar-refractivity contribution in [3.63, 3.8) is 0 Å². The largest absolute Gasteiger partial charge is 0.469 e. The van der Waals surface area contributed by atoms with Crippen molar-refractivity contribution in [1.82, 2.24) is 15.5 Å². The number of nitrogens with zero attached hydrogens (tertiary/aromatic N) is 2. The van der Waals surface area contributed by atoms with Gasteiger partial charge in [-0.1, -0.05) is 26.0 Å². The minimum absolute atomic E-state index is 0. The average Bonchev–Trinajstić information content (AvgIpc) is 3.22. The molecule has 0 atom stereocenters. The highest BCUT2D eigenvalue weighted by molar-refractivity contribution is 14.0. The van der Waals surface area contributed by atoms with E-state index in [2.05, 4.69) is 29.4 Å². The minimum atomic E-state index is -0.176. The number of nitrogens with one attached hydrogen (secondary N) is 2. The van der Waals surface area contributed by atoms with Gasteiger partial charge in [0.25, 0.3) is 0 Å². The van der Waals surface area contributed by atoms with Crippen LogP contribution in [0.4, 0.5) is 4.39 Å². The molecule has 0 saturated carbocycles. The minimum Gasteiger partial charge on any atom is -0.469 e. The summed E-state index contributed by atoms with van der Waals surface area (Å²) in [7, 11) is 0. The molecule has 0 spiro atoms. The maximum atomic E-state index is 13.1. The molecular weight excluding hydrogens is 494 g/mol. The molecule has 0 bridgehead atoms. The van der Waals surface area contributed by atoms with Crippen molar-refractivity contribution in [1.29, 1.82) is 0 Å². The fourth-order valence-electron chi connectivity index (χ4n) is 3.46. The summed E-state index contributed by atoms with van der Waals surface area (Å²) in [6.45, 7) is 8.89. The summed E-state index contributed by atoms with van der Waals surface area (Å²) in [5, 5.41) is 7.06. The summed E-state index contributed by atoms with van der Waals surface area (Å²) < 4.78 is 18.5. The zero-order chi connectivity index (χ0) is 20.5. The fraction of sp³-hybridized carbons (Fsp3) is 0.522. The van der Waals surface area contributed by atoms with Crippen molar-refractivity contribution < 1.29 is 8.81 Å². The Hall–Kier alpha value is -1.61. The van der Waals surface area contributed by atoms with Crippen LogP contribution in [0.25, 0.3) is 0 Å². The third-order valence-corrected chi connectivity index (χ3v) is 5.11. The Morgan fingerprint density at radius 2 is 1.93 bits per heavy atom. The van der Waals surface area contributed by atoms with Gasteiger partial charge in [-0.15, -0.1) is 24.0 Å². The van der Waals surface area contributed by atoms with Crippen molar-refractivity contribution in [2.24, 2.45) is 10.9 Å². The van der Waals surface area contributed by atoms with Gasteiger partial charge in [0, 0.05) is 45.2 Å². The second kappa shape index (κ2) is 12.9. The first-order chi connectivity index (χ1) is 14.1. The Bertz CT molecular complexity index is 741. The number of piperidine rings is 1. The Morgan fingerprint density at radius 3 is 2.57 bits per heavy atom. The second-order valence-corrected chi connectivity index (χ2v) is 8.16. The normalized spacial score (nSPS) is 15.8. The van der Waals surface area contributed by atoms with Crippen molar-refractivity contribution in [3.05, 3.63) is 59.8 Å². The summed E-state index contributed by atoms with van der Waals surface area (Å²) in [5.74, 6) is 2.22.